The second kappa shape index (κ2) is 6.64. The maximum Gasteiger partial charge on any atom is 0.254 e. The lowest BCUT2D eigenvalue weighted by Gasteiger charge is -2.05. The lowest BCUT2D eigenvalue weighted by Crippen LogP contribution is -2.31. The number of nitrogens with zero attached hydrogens (tertiary/aromatic N) is 2. The van der Waals surface area contributed by atoms with Crippen molar-refractivity contribution in [2.24, 2.45) is 10.9 Å². The number of rotatable bonds is 7. The van der Waals surface area contributed by atoms with Crippen molar-refractivity contribution in [3.8, 4) is 0 Å². The SMILES string of the molecule is Cc1c(C(=O)NCCS(N)(=O)=O)cnn1CCCN. The largest absolute Gasteiger partial charge is 0.351 e. The van der Waals surface area contributed by atoms with E-state index in [1.54, 1.807) is 11.6 Å². The number of hydrogen-bond acceptors (Lipinski definition) is 5. The van der Waals surface area contributed by atoms with E-state index < -0.39 is 10.0 Å². The van der Waals surface area contributed by atoms with E-state index in [4.69, 9.17) is 10.9 Å². The van der Waals surface area contributed by atoms with Crippen LogP contribution in [0, 0.1) is 6.92 Å². The standard InChI is InChI=1S/C10H19N5O3S/c1-8-9(7-14-15(8)5-2-3-11)10(16)13-4-6-19(12,17)18/h7H,2-6,11H2,1H3,(H,13,16)(H2,12,17,18). The van der Waals surface area contributed by atoms with Gasteiger partial charge in [0.05, 0.1) is 17.5 Å². The van der Waals surface area contributed by atoms with Crippen molar-refractivity contribution in [2.45, 2.75) is 19.9 Å². The molecule has 19 heavy (non-hydrogen) atoms. The van der Waals surface area contributed by atoms with Crippen molar-refractivity contribution in [3.63, 3.8) is 0 Å². The van der Waals surface area contributed by atoms with Crippen LogP contribution in [0.5, 0.6) is 0 Å². The van der Waals surface area contributed by atoms with Crippen LogP contribution in [0.3, 0.4) is 0 Å². The number of nitrogens with one attached hydrogen (secondary N) is 1. The minimum Gasteiger partial charge on any atom is -0.351 e. The Morgan fingerprint density at radius 3 is 2.79 bits per heavy atom. The lowest BCUT2D eigenvalue weighted by atomic mass is 10.2. The van der Waals surface area contributed by atoms with Crippen molar-refractivity contribution in [2.75, 3.05) is 18.8 Å². The molecule has 1 amide bonds. The molecule has 0 bridgehead atoms. The minimum atomic E-state index is -3.57. The maximum atomic E-state index is 11.8. The monoisotopic (exact) mass is 289 g/mol. The molecule has 0 fully saturated rings. The molecule has 9 heteroatoms. The summed E-state index contributed by atoms with van der Waals surface area (Å²) in [6, 6.07) is 0. The molecular formula is C10H19N5O3S. The number of carbonyl (C=O) groups is 1. The van der Waals surface area contributed by atoms with Gasteiger partial charge in [-0.05, 0) is 19.9 Å². The van der Waals surface area contributed by atoms with Crippen molar-refractivity contribution < 1.29 is 13.2 Å². The molecule has 1 rings (SSSR count). The van der Waals surface area contributed by atoms with E-state index in [-0.39, 0.29) is 18.2 Å². The van der Waals surface area contributed by atoms with Crippen LogP contribution in [0.15, 0.2) is 6.20 Å². The lowest BCUT2D eigenvalue weighted by molar-refractivity contribution is 0.0955. The third kappa shape index (κ3) is 4.97. The summed E-state index contributed by atoms with van der Waals surface area (Å²) in [6.45, 7) is 2.95. The van der Waals surface area contributed by atoms with Gasteiger partial charge in [0.2, 0.25) is 10.0 Å². The first-order valence-corrected chi connectivity index (χ1v) is 7.58. The van der Waals surface area contributed by atoms with Gasteiger partial charge in [-0.15, -0.1) is 0 Å². The summed E-state index contributed by atoms with van der Waals surface area (Å²) >= 11 is 0. The molecule has 0 aliphatic carbocycles. The van der Waals surface area contributed by atoms with Crippen LogP contribution in [0.2, 0.25) is 0 Å². The van der Waals surface area contributed by atoms with Gasteiger partial charge in [0.15, 0.2) is 0 Å². The number of carbonyl (C=O) groups excluding carboxylic acids is 1. The van der Waals surface area contributed by atoms with Crippen LogP contribution >= 0.6 is 0 Å². The molecule has 0 aliphatic rings. The summed E-state index contributed by atoms with van der Waals surface area (Å²) in [5, 5.41) is 11.4. The molecule has 108 valence electrons. The van der Waals surface area contributed by atoms with Crippen molar-refractivity contribution in [1.82, 2.24) is 15.1 Å². The van der Waals surface area contributed by atoms with Gasteiger partial charge in [-0.25, -0.2) is 13.6 Å². The predicted octanol–water partition coefficient (Wildman–Crippen LogP) is -1.44. The van der Waals surface area contributed by atoms with Crippen molar-refractivity contribution >= 4 is 15.9 Å². The molecule has 0 unspecified atom stereocenters. The normalized spacial score (nSPS) is 11.5. The van der Waals surface area contributed by atoms with Crippen LogP contribution in [0.25, 0.3) is 0 Å². The Morgan fingerprint density at radius 2 is 2.21 bits per heavy atom. The highest BCUT2D eigenvalue weighted by Gasteiger charge is 2.14. The molecule has 1 heterocycles. The fourth-order valence-corrected chi connectivity index (χ4v) is 1.92. The second-order valence-electron chi connectivity index (χ2n) is 4.13. The van der Waals surface area contributed by atoms with Gasteiger partial charge in [0, 0.05) is 18.8 Å². The Hall–Kier alpha value is -1.45. The molecule has 0 saturated heterocycles. The van der Waals surface area contributed by atoms with E-state index in [1.165, 1.54) is 6.20 Å². The van der Waals surface area contributed by atoms with Gasteiger partial charge in [0.1, 0.15) is 0 Å². The molecule has 0 radical (unpaired) electrons. The molecule has 1 aromatic heterocycles. The fraction of sp³-hybridized carbons (Fsp3) is 0.600. The first-order chi connectivity index (χ1) is 8.85. The highest BCUT2D eigenvalue weighted by molar-refractivity contribution is 7.89. The van der Waals surface area contributed by atoms with Crippen molar-refractivity contribution in [3.05, 3.63) is 17.5 Å². The van der Waals surface area contributed by atoms with E-state index in [1.807, 2.05) is 0 Å². The number of aryl methyl sites for hydroxylation is 1. The first-order valence-electron chi connectivity index (χ1n) is 5.86. The summed E-state index contributed by atoms with van der Waals surface area (Å²) < 4.78 is 23.2. The minimum absolute atomic E-state index is 0.0227. The zero-order valence-corrected chi connectivity index (χ0v) is 11.6. The van der Waals surface area contributed by atoms with Gasteiger partial charge in [-0.3, -0.25) is 9.48 Å². The second-order valence-corrected chi connectivity index (χ2v) is 5.87. The van der Waals surface area contributed by atoms with Gasteiger partial charge in [-0.1, -0.05) is 0 Å². The third-order valence-electron chi connectivity index (χ3n) is 2.59. The average Bonchev–Trinajstić information content (AvgIpc) is 2.66. The maximum absolute atomic E-state index is 11.8. The van der Waals surface area contributed by atoms with Crippen LogP contribution in [-0.2, 0) is 16.6 Å². The predicted molar refractivity (Wildman–Crippen MR) is 70.9 cm³/mol. The van der Waals surface area contributed by atoms with E-state index >= 15 is 0 Å². The summed E-state index contributed by atoms with van der Waals surface area (Å²) in [5.74, 6) is -0.654. The smallest absolute Gasteiger partial charge is 0.254 e. The fourth-order valence-electron chi connectivity index (χ4n) is 1.54. The molecular weight excluding hydrogens is 270 g/mol. The van der Waals surface area contributed by atoms with Crippen LogP contribution in [-0.4, -0.2) is 42.9 Å². The molecule has 8 nitrogen and oxygen atoms in total. The summed E-state index contributed by atoms with van der Waals surface area (Å²) in [6.07, 6.45) is 2.23. The topological polar surface area (TPSA) is 133 Å². The zero-order chi connectivity index (χ0) is 14.5. The molecule has 5 N–H and O–H groups in total. The van der Waals surface area contributed by atoms with E-state index in [0.717, 1.165) is 12.1 Å². The summed E-state index contributed by atoms with van der Waals surface area (Å²) in [5.41, 5.74) is 6.56. The van der Waals surface area contributed by atoms with E-state index in [0.29, 0.717) is 18.7 Å². The summed E-state index contributed by atoms with van der Waals surface area (Å²) in [4.78, 5) is 11.8. The Kier molecular flexibility index (Phi) is 5.45. The molecule has 0 atom stereocenters. The Labute approximate surface area is 112 Å². The first kappa shape index (κ1) is 15.6. The quantitative estimate of drug-likeness (QED) is 0.565. The van der Waals surface area contributed by atoms with E-state index in [2.05, 4.69) is 10.4 Å². The highest BCUT2D eigenvalue weighted by atomic mass is 32.2. The molecule has 0 aliphatic heterocycles. The van der Waals surface area contributed by atoms with Gasteiger partial charge >= 0.3 is 0 Å². The van der Waals surface area contributed by atoms with E-state index in [9.17, 15) is 13.2 Å². The molecule has 1 aromatic rings. The summed E-state index contributed by atoms with van der Waals surface area (Å²) in [7, 11) is -3.57. The number of sulfonamides is 1. The van der Waals surface area contributed by atoms with Gasteiger partial charge in [0.25, 0.3) is 5.91 Å². The van der Waals surface area contributed by atoms with Gasteiger partial charge < -0.3 is 11.1 Å². The van der Waals surface area contributed by atoms with Crippen LogP contribution in [0.1, 0.15) is 22.5 Å². The molecule has 0 saturated carbocycles. The number of amides is 1. The number of primary sulfonamides is 1. The Morgan fingerprint density at radius 1 is 1.53 bits per heavy atom. The number of aromatic nitrogens is 2. The molecule has 0 aromatic carbocycles. The number of hydrogen-bond donors (Lipinski definition) is 3. The van der Waals surface area contributed by atoms with Crippen LogP contribution in [0.4, 0.5) is 0 Å². The third-order valence-corrected chi connectivity index (χ3v) is 3.37. The average molecular weight is 289 g/mol. The van der Waals surface area contributed by atoms with Gasteiger partial charge in [-0.2, -0.15) is 5.10 Å². The molecule has 0 spiro atoms. The van der Waals surface area contributed by atoms with Crippen molar-refractivity contribution in [1.29, 1.82) is 0 Å². The zero-order valence-electron chi connectivity index (χ0n) is 10.8. The van der Waals surface area contributed by atoms with Crippen LogP contribution < -0.4 is 16.2 Å². The Balaban J connectivity index is 2.60. The highest BCUT2D eigenvalue weighted by Crippen LogP contribution is 2.07. The number of nitrogens with two attached hydrogens (primary N) is 2. The Bertz CT molecular complexity index is 537.